The quantitative estimate of drug-likeness (QED) is 0.433. The van der Waals surface area contributed by atoms with Gasteiger partial charge in [-0.2, -0.15) is 0 Å². The van der Waals surface area contributed by atoms with Crippen LogP contribution < -0.4 is 0 Å². The molecule has 0 radical (unpaired) electrons. The molecule has 2 aliphatic rings. The largest absolute Gasteiger partial charge is 0.0738 e. The second kappa shape index (κ2) is 1.86. The van der Waals surface area contributed by atoms with E-state index in [1.54, 1.807) is 11.1 Å². The Balaban J connectivity index is 2.22. The molecule has 0 saturated heterocycles. The fourth-order valence-electron chi connectivity index (χ4n) is 2.30. The van der Waals surface area contributed by atoms with Crippen molar-refractivity contribution in [2.75, 3.05) is 0 Å². The van der Waals surface area contributed by atoms with E-state index < -0.39 is 0 Å². The van der Waals surface area contributed by atoms with E-state index in [-0.39, 0.29) is 0 Å². The lowest BCUT2D eigenvalue weighted by Gasteiger charge is -2.14. The summed E-state index contributed by atoms with van der Waals surface area (Å²) in [5, 5.41) is 0. The molecule has 9 heavy (non-hydrogen) atoms. The minimum Gasteiger partial charge on any atom is -0.0738 e. The first-order valence-electron chi connectivity index (χ1n) is 4.04. The van der Waals surface area contributed by atoms with E-state index in [1.165, 1.54) is 32.1 Å². The van der Waals surface area contributed by atoms with Crippen LogP contribution in [0.15, 0.2) is 11.1 Å². The molecule has 0 aliphatic heterocycles. The summed E-state index contributed by atoms with van der Waals surface area (Å²) in [6.07, 6.45) is 7.27. The van der Waals surface area contributed by atoms with Crippen LogP contribution in [-0.4, -0.2) is 0 Å². The molecule has 0 aromatic carbocycles. The van der Waals surface area contributed by atoms with Crippen LogP contribution in [-0.2, 0) is 0 Å². The van der Waals surface area contributed by atoms with Gasteiger partial charge in [0.2, 0.25) is 0 Å². The zero-order chi connectivity index (χ0) is 6.27. The van der Waals surface area contributed by atoms with Gasteiger partial charge in [0.05, 0.1) is 0 Å². The summed E-state index contributed by atoms with van der Waals surface area (Å²) in [4.78, 5) is 0. The van der Waals surface area contributed by atoms with Gasteiger partial charge >= 0.3 is 0 Å². The van der Waals surface area contributed by atoms with Crippen molar-refractivity contribution in [2.45, 2.75) is 39.0 Å². The van der Waals surface area contributed by atoms with Crippen LogP contribution >= 0.6 is 0 Å². The Morgan fingerprint density at radius 1 is 1.33 bits per heavy atom. The second-order valence-corrected chi connectivity index (χ2v) is 3.55. The van der Waals surface area contributed by atoms with E-state index in [1.807, 2.05) is 0 Å². The highest BCUT2D eigenvalue weighted by atomic mass is 14.3. The van der Waals surface area contributed by atoms with Crippen molar-refractivity contribution in [2.24, 2.45) is 5.92 Å². The monoisotopic (exact) mass is 122 g/mol. The van der Waals surface area contributed by atoms with Crippen molar-refractivity contribution in [3.63, 3.8) is 0 Å². The Labute approximate surface area is 57.0 Å². The standard InChI is InChI=1S/C9H14/c1-7-5-8-3-2-4-9(7)6-8/h8H,2-6H2,1H3. The Morgan fingerprint density at radius 3 is 2.89 bits per heavy atom. The molecule has 0 heterocycles. The van der Waals surface area contributed by atoms with Crippen molar-refractivity contribution >= 4 is 0 Å². The van der Waals surface area contributed by atoms with Gasteiger partial charge in [0.1, 0.15) is 0 Å². The van der Waals surface area contributed by atoms with E-state index in [9.17, 15) is 0 Å². The molecule has 50 valence electrons. The highest BCUT2D eigenvalue weighted by Crippen LogP contribution is 2.41. The van der Waals surface area contributed by atoms with Crippen LogP contribution in [0.3, 0.4) is 0 Å². The lowest BCUT2D eigenvalue weighted by Crippen LogP contribution is -1.99. The maximum absolute atomic E-state index is 2.32. The summed E-state index contributed by atoms with van der Waals surface area (Å²) in [6, 6.07) is 0. The molecule has 2 bridgehead atoms. The molecule has 0 nitrogen and oxygen atoms in total. The Hall–Kier alpha value is -0.260. The first-order chi connectivity index (χ1) is 4.36. The molecule has 0 aromatic heterocycles. The molecule has 0 aromatic rings. The fourth-order valence-corrected chi connectivity index (χ4v) is 2.30. The van der Waals surface area contributed by atoms with Crippen LogP contribution in [0.5, 0.6) is 0 Å². The third-order valence-electron chi connectivity index (χ3n) is 2.82. The van der Waals surface area contributed by atoms with Crippen molar-refractivity contribution in [3.8, 4) is 0 Å². The predicted molar refractivity (Wildman–Crippen MR) is 39.3 cm³/mol. The van der Waals surface area contributed by atoms with E-state index in [0.29, 0.717) is 0 Å². The minimum atomic E-state index is 1.06. The van der Waals surface area contributed by atoms with Crippen LogP contribution in [0.2, 0.25) is 0 Å². The molecule has 0 heteroatoms. The first kappa shape index (κ1) is 5.52. The average molecular weight is 122 g/mol. The summed E-state index contributed by atoms with van der Waals surface area (Å²) >= 11 is 0. The summed E-state index contributed by atoms with van der Waals surface area (Å²) < 4.78 is 0. The van der Waals surface area contributed by atoms with Gasteiger partial charge in [0, 0.05) is 0 Å². The van der Waals surface area contributed by atoms with Crippen molar-refractivity contribution in [1.29, 1.82) is 0 Å². The minimum absolute atomic E-state index is 1.06. The molecule has 1 unspecified atom stereocenters. The molecule has 0 N–H and O–H groups in total. The number of fused-ring (bicyclic) bond motifs is 2. The molecular formula is C9H14. The van der Waals surface area contributed by atoms with E-state index in [2.05, 4.69) is 6.92 Å². The molecule has 2 aliphatic carbocycles. The van der Waals surface area contributed by atoms with Crippen molar-refractivity contribution in [3.05, 3.63) is 11.1 Å². The topological polar surface area (TPSA) is 0 Å². The highest BCUT2D eigenvalue weighted by Gasteiger charge is 2.24. The zero-order valence-corrected chi connectivity index (χ0v) is 6.11. The first-order valence-corrected chi connectivity index (χ1v) is 4.04. The molecule has 0 spiro atoms. The number of rotatable bonds is 0. The number of hydrogen-bond donors (Lipinski definition) is 0. The number of hydrogen-bond acceptors (Lipinski definition) is 0. The lowest BCUT2D eigenvalue weighted by molar-refractivity contribution is 0.454. The van der Waals surface area contributed by atoms with Gasteiger partial charge in [-0.3, -0.25) is 0 Å². The Kier molecular flexibility index (Phi) is 1.14. The third-order valence-corrected chi connectivity index (χ3v) is 2.82. The van der Waals surface area contributed by atoms with E-state index in [0.717, 1.165) is 5.92 Å². The van der Waals surface area contributed by atoms with Gasteiger partial charge in [-0.05, 0) is 44.9 Å². The lowest BCUT2D eigenvalue weighted by atomic mass is 9.91. The summed E-state index contributed by atoms with van der Waals surface area (Å²) in [6.45, 7) is 2.32. The van der Waals surface area contributed by atoms with Gasteiger partial charge in [0.15, 0.2) is 0 Å². The van der Waals surface area contributed by atoms with Gasteiger partial charge in [0.25, 0.3) is 0 Å². The van der Waals surface area contributed by atoms with Gasteiger partial charge in [-0.1, -0.05) is 11.1 Å². The second-order valence-electron chi connectivity index (χ2n) is 3.55. The van der Waals surface area contributed by atoms with Crippen LogP contribution in [0, 0.1) is 5.92 Å². The van der Waals surface area contributed by atoms with Gasteiger partial charge < -0.3 is 0 Å². The smallest absolute Gasteiger partial charge is 0.0286 e. The fraction of sp³-hybridized carbons (Fsp3) is 0.778. The molecular weight excluding hydrogens is 108 g/mol. The van der Waals surface area contributed by atoms with Crippen LogP contribution in [0.1, 0.15) is 39.0 Å². The molecule has 0 amide bonds. The van der Waals surface area contributed by atoms with Gasteiger partial charge in [-0.25, -0.2) is 0 Å². The Morgan fingerprint density at radius 2 is 2.22 bits per heavy atom. The Bertz CT molecular complexity index is 151. The van der Waals surface area contributed by atoms with Crippen molar-refractivity contribution in [1.82, 2.24) is 0 Å². The van der Waals surface area contributed by atoms with E-state index in [4.69, 9.17) is 0 Å². The third kappa shape index (κ3) is 0.810. The maximum Gasteiger partial charge on any atom is -0.0286 e. The summed E-state index contributed by atoms with van der Waals surface area (Å²) in [7, 11) is 0. The van der Waals surface area contributed by atoms with Gasteiger partial charge in [-0.15, -0.1) is 0 Å². The zero-order valence-electron chi connectivity index (χ0n) is 6.11. The van der Waals surface area contributed by atoms with Crippen molar-refractivity contribution < 1.29 is 0 Å². The number of allylic oxidation sites excluding steroid dienone is 2. The normalized spacial score (nSPS) is 33.7. The average Bonchev–Trinajstić information content (AvgIpc) is 2.09. The molecule has 1 saturated carbocycles. The molecule has 2 rings (SSSR count). The van der Waals surface area contributed by atoms with E-state index >= 15 is 0 Å². The van der Waals surface area contributed by atoms with Crippen LogP contribution in [0.4, 0.5) is 0 Å². The molecule has 1 atom stereocenters. The highest BCUT2D eigenvalue weighted by molar-refractivity contribution is 5.21. The van der Waals surface area contributed by atoms with Crippen LogP contribution in [0.25, 0.3) is 0 Å². The summed E-state index contributed by atoms with van der Waals surface area (Å²) in [5.41, 5.74) is 3.52. The molecule has 1 fully saturated rings. The summed E-state index contributed by atoms with van der Waals surface area (Å²) in [5.74, 6) is 1.06. The SMILES string of the molecule is CC1=C2CCCC(C1)C2. The maximum atomic E-state index is 2.32. The predicted octanol–water partition coefficient (Wildman–Crippen LogP) is 2.90.